The summed E-state index contributed by atoms with van der Waals surface area (Å²) in [4.78, 5) is 24.8. The second-order valence-corrected chi connectivity index (χ2v) is 5.50. The molecule has 0 spiro atoms. The van der Waals surface area contributed by atoms with Gasteiger partial charge < -0.3 is 19.2 Å². The Balaban J connectivity index is 2.12. The van der Waals surface area contributed by atoms with Gasteiger partial charge in [0.25, 0.3) is 0 Å². The van der Waals surface area contributed by atoms with E-state index in [-0.39, 0.29) is 43.2 Å². The number of furan rings is 1. The van der Waals surface area contributed by atoms with E-state index in [0.717, 1.165) is 18.2 Å². The van der Waals surface area contributed by atoms with Gasteiger partial charge in [0, 0.05) is 18.7 Å². The summed E-state index contributed by atoms with van der Waals surface area (Å²) in [6, 6.07) is 5.66. The Morgan fingerprint density at radius 1 is 1.23 bits per heavy atom. The predicted molar refractivity (Wildman–Crippen MR) is 87.6 cm³/mol. The number of hydrogen-bond donors (Lipinski definition) is 1. The van der Waals surface area contributed by atoms with Gasteiger partial charge in [0.15, 0.2) is 0 Å². The molecule has 0 aliphatic rings. The molecular weight excluding hydrogens is 348 g/mol. The van der Waals surface area contributed by atoms with E-state index < -0.39 is 23.5 Å². The maximum absolute atomic E-state index is 13.8. The Morgan fingerprint density at radius 3 is 2.65 bits per heavy atom. The van der Waals surface area contributed by atoms with Gasteiger partial charge in [0.2, 0.25) is 11.7 Å². The zero-order valence-corrected chi connectivity index (χ0v) is 14.2. The zero-order valence-electron chi connectivity index (χ0n) is 14.2. The summed E-state index contributed by atoms with van der Waals surface area (Å²) in [5.74, 6) is -2.95. The van der Waals surface area contributed by atoms with Crippen LogP contribution in [0, 0.1) is 11.6 Å². The van der Waals surface area contributed by atoms with Crippen LogP contribution in [0.4, 0.5) is 8.78 Å². The molecule has 2 aromatic rings. The molecule has 1 heterocycles. The molecule has 140 valence electrons. The molecule has 1 N–H and O–H groups in total. The number of carbonyl (C=O) groups is 2. The van der Waals surface area contributed by atoms with Crippen LogP contribution in [0.2, 0.25) is 0 Å². The fourth-order valence-electron chi connectivity index (χ4n) is 2.33. The van der Waals surface area contributed by atoms with Crippen molar-refractivity contribution in [3.8, 4) is 0 Å². The Hall–Kier alpha value is -2.74. The van der Waals surface area contributed by atoms with Crippen molar-refractivity contribution in [2.75, 3.05) is 19.8 Å². The van der Waals surface area contributed by atoms with E-state index in [0.29, 0.717) is 6.61 Å². The first kappa shape index (κ1) is 19.6. The van der Waals surface area contributed by atoms with Gasteiger partial charge in [-0.3, -0.25) is 4.79 Å². The van der Waals surface area contributed by atoms with Gasteiger partial charge >= 0.3 is 5.97 Å². The smallest absolute Gasteiger partial charge is 0.371 e. The van der Waals surface area contributed by atoms with E-state index in [9.17, 15) is 18.4 Å². The molecule has 8 heteroatoms. The molecule has 0 atom stereocenters. The minimum atomic E-state index is -1.22. The molecule has 6 nitrogen and oxygen atoms in total. The van der Waals surface area contributed by atoms with Crippen molar-refractivity contribution in [1.29, 1.82) is 0 Å². The molecule has 0 saturated heterocycles. The lowest BCUT2D eigenvalue weighted by molar-refractivity contribution is -0.132. The van der Waals surface area contributed by atoms with Crippen LogP contribution in [0.1, 0.15) is 28.8 Å². The van der Waals surface area contributed by atoms with Crippen LogP contribution in [-0.4, -0.2) is 41.6 Å². The lowest BCUT2D eigenvalue weighted by Gasteiger charge is -2.22. The fraction of sp³-hybridized carbons (Fsp3) is 0.333. The third kappa shape index (κ3) is 5.38. The van der Waals surface area contributed by atoms with Gasteiger partial charge in [-0.25, -0.2) is 13.6 Å². The molecule has 2 rings (SSSR count). The minimum absolute atomic E-state index is 0.00385. The maximum Gasteiger partial charge on any atom is 0.371 e. The van der Waals surface area contributed by atoms with E-state index in [1.165, 1.54) is 17.0 Å². The van der Waals surface area contributed by atoms with Gasteiger partial charge in [-0.2, -0.15) is 0 Å². The van der Waals surface area contributed by atoms with Crippen molar-refractivity contribution in [1.82, 2.24) is 4.90 Å². The number of carboxylic acids is 1. The number of benzene rings is 1. The Bertz CT molecular complexity index is 775. The summed E-state index contributed by atoms with van der Waals surface area (Å²) in [6.07, 6.45) is -0.331. The molecule has 0 aliphatic heterocycles. The standard InChI is InChI=1S/C18H19F2NO5/c1-2-25-8-7-21(11-14-4-6-16(26-14)18(23)24)17(22)10-12-9-13(19)3-5-15(12)20/h3-6,9H,2,7-8,10-11H2,1H3,(H,23,24). The van der Waals surface area contributed by atoms with Gasteiger partial charge in [0.1, 0.15) is 17.4 Å². The van der Waals surface area contributed by atoms with E-state index in [2.05, 4.69) is 0 Å². The van der Waals surface area contributed by atoms with Crippen LogP contribution in [-0.2, 0) is 22.5 Å². The number of amides is 1. The van der Waals surface area contributed by atoms with Crippen LogP contribution in [0.5, 0.6) is 0 Å². The highest BCUT2D eigenvalue weighted by Crippen LogP contribution is 2.15. The number of carboxylic acid groups (broad SMARTS) is 1. The van der Waals surface area contributed by atoms with Crippen molar-refractivity contribution in [2.45, 2.75) is 19.9 Å². The van der Waals surface area contributed by atoms with Gasteiger partial charge in [-0.05, 0) is 37.3 Å². The number of hydrogen-bond acceptors (Lipinski definition) is 4. The van der Waals surface area contributed by atoms with Gasteiger partial charge in [0.05, 0.1) is 19.6 Å². The molecule has 0 aliphatic carbocycles. The van der Waals surface area contributed by atoms with Crippen LogP contribution < -0.4 is 0 Å². The molecule has 26 heavy (non-hydrogen) atoms. The van der Waals surface area contributed by atoms with E-state index in [4.69, 9.17) is 14.3 Å². The predicted octanol–water partition coefficient (Wildman–Crippen LogP) is 2.86. The first-order chi connectivity index (χ1) is 12.4. The fourth-order valence-corrected chi connectivity index (χ4v) is 2.33. The van der Waals surface area contributed by atoms with Crippen molar-refractivity contribution >= 4 is 11.9 Å². The molecule has 1 aromatic carbocycles. The van der Waals surface area contributed by atoms with Crippen molar-refractivity contribution in [2.24, 2.45) is 0 Å². The lowest BCUT2D eigenvalue weighted by atomic mass is 10.1. The third-order valence-corrected chi connectivity index (χ3v) is 3.63. The van der Waals surface area contributed by atoms with Crippen LogP contribution in [0.15, 0.2) is 34.7 Å². The highest BCUT2D eigenvalue weighted by molar-refractivity contribution is 5.84. The first-order valence-electron chi connectivity index (χ1n) is 8.02. The average Bonchev–Trinajstić information content (AvgIpc) is 3.06. The van der Waals surface area contributed by atoms with Crippen LogP contribution in [0.3, 0.4) is 0 Å². The Kier molecular flexibility index (Phi) is 6.85. The van der Waals surface area contributed by atoms with Gasteiger partial charge in [-0.1, -0.05) is 0 Å². The zero-order chi connectivity index (χ0) is 19.1. The molecular formula is C18H19F2NO5. The normalized spacial score (nSPS) is 10.7. The minimum Gasteiger partial charge on any atom is -0.475 e. The summed E-state index contributed by atoms with van der Waals surface area (Å²) in [7, 11) is 0. The number of ether oxygens (including phenoxy) is 1. The highest BCUT2D eigenvalue weighted by atomic mass is 19.1. The summed E-state index contributed by atoms with van der Waals surface area (Å²) < 4.78 is 37.5. The monoisotopic (exact) mass is 367 g/mol. The van der Waals surface area contributed by atoms with E-state index in [1.54, 1.807) is 6.92 Å². The van der Waals surface area contributed by atoms with Crippen molar-refractivity contribution in [3.63, 3.8) is 0 Å². The second-order valence-electron chi connectivity index (χ2n) is 5.50. The van der Waals surface area contributed by atoms with E-state index >= 15 is 0 Å². The van der Waals surface area contributed by atoms with Crippen LogP contribution >= 0.6 is 0 Å². The topological polar surface area (TPSA) is 80.0 Å². The SMILES string of the molecule is CCOCCN(Cc1ccc(C(=O)O)o1)C(=O)Cc1cc(F)ccc1F. The quantitative estimate of drug-likeness (QED) is 0.690. The lowest BCUT2D eigenvalue weighted by Crippen LogP contribution is -2.34. The van der Waals surface area contributed by atoms with E-state index in [1.807, 2.05) is 0 Å². The average molecular weight is 367 g/mol. The second kappa shape index (κ2) is 9.10. The van der Waals surface area contributed by atoms with Crippen LogP contribution in [0.25, 0.3) is 0 Å². The highest BCUT2D eigenvalue weighted by Gasteiger charge is 2.19. The Morgan fingerprint density at radius 2 is 2.00 bits per heavy atom. The van der Waals surface area contributed by atoms with Crippen molar-refractivity contribution < 1.29 is 32.6 Å². The Labute approximate surface area is 149 Å². The summed E-state index contributed by atoms with van der Waals surface area (Å²) in [5.41, 5.74) is -0.0536. The number of rotatable bonds is 9. The molecule has 1 amide bonds. The summed E-state index contributed by atoms with van der Waals surface area (Å²) in [6.45, 7) is 2.72. The number of aromatic carboxylic acids is 1. The first-order valence-corrected chi connectivity index (χ1v) is 8.02. The molecule has 0 saturated carbocycles. The molecule has 0 fully saturated rings. The van der Waals surface area contributed by atoms with Gasteiger partial charge in [-0.15, -0.1) is 0 Å². The molecule has 0 unspecified atom stereocenters. The summed E-state index contributed by atoms with van der Waals surface area (Å²) >= 11 is 0. The largest absolute Gasteiger partial charge is 0.475 e. The molecule has 0 bridgehead atoms. The number of carbonyl (C=O) groups excluding carboxylic acids is 1. The molecule has 1 aromatic heterocycles. The molecule has 0 radical (unpaired) electrons. The number of halogens is 2. The number of nitrogens with zero attached hydrogens (tertiary/aromatic N) is 1. The van der Waals surface area contributed by atoms with Crippen molar-refractivity contribution in [3.05, 3.63) is 59.1 Å². The third-order valence-electron chi connectivity index (χ3n) is 3.63. The maximum atomic E-state index is 13.8. The summed E-state index contributed by atoms with van der Waals surface area (Å²) in [5, 5.41) is 8.89.